The maximum atomic E-state index is 10.8. The summed E-state index contributed by atoms with van der Waals surface area (Å²) in [4.78, 5) is 10.8. The molecule has 0 aromatic rings. The molecule has 0 aromatic heterocycles. The highest BCUT2D eigenvalue weighted by Crippen LogP contribution is 1.88. The lowest BCUT2D eigenvalue weighted by Gasteiger charge is -2.09. The molecule has 0 N–H and O–H groups in total. The third-order valence-corrected chi connectivity index (χ3v) is 2.61. The Morgan fingerprint density at radius 2 is 1.04 bits per heavy atom. The lowest BCUT2D eigenvalue weighted by Crippen LogP contribution is -2.16. The van der Waals surface area contributed by atoms with E-state index in [0.29, 0.717) is 66.1 Å². The summed E-state index contributed by atoms with van der Waals surface area (Å²) >= 11 is 0. The van der Waals surface area contributed by atoms with E-state index < -0.39 is 5.97 Å². The van der Waals surface area contributed by atoms with Gasteiger partial charge in [-0.15, -0.1) is 0 Å². The van der Waals surface area contributed by atoms with Crippen LogP contribution in [0.5, 0.6) is 0 Å². The maximum absolute atomic E-state index is 10.8. The Kier molecular flexibility index (Phi) is 18.0. The highest BCUT2D eigenvalue weighted by molar-refractivity contribution is 5.70. The summed E-state index contributed by atoms with van der Waals surface area (Å²) in [6.07, 6.45) is 0.235. The Balaban J connectivity index is 3.01. The van der Waals surface area contributed by atoms with Gasteiger partial charge in [-0.3, -0.25) is 0 Å². The molecule has 0 atom stereocenters. The molecular formula is C16H32O8. The van der Waals surface area contributed by atoms with E-state index in [-0.39, 0.29) is 12.7 Å². The second-order valence-corrected chi connectivity index (χ2v) is 5.00. The fourth-order valence-corrected chi connectivity index (χ4v) is 1.44. The Morgan fingerprint density at radius 1 is 0.667 bits per heavy atom. The van der Waals surface area contributed by atoms with Gasteiger partial charge < -0.3 is 33.2 Å². The van der Waals surface area contributed by atoms with Crippen molar-refractivity contribution in [2.24, 2.45) is 0 Å². The van der Waals surface area contributed by atoms with Crippen LogP contribution in [0.1, 0.15) is 13.8 Å². The van der Waals surface area contributed by atoms with Crippen molar-refractivity contribution >= 4 is 5.97 Å². The lowest BCUT2D eigenvalue weighted by atomic mass is 10.5. The predicted molar refractivity (Wildman–Crippen MR) is 87.2 cm³/mol. The number of carbonyl (C=O) groups is 1. The summed E-state index contributed by atoms with van der Waals surface area (Å²) in [6.45, 7) is 8.97. The minimum absolute atomic E-state index is 0.0534. The molecule has 144 valence electrons. The van der Waals surface area contributed by atoms with Gasteiger partial charge in [0.25, 0.3) is 0 Å². The van der Waals surface area contributed by atoms with Crippen LogP contribution in [0, 0.1) is 0 Å². The average molecular weight is 352 g/mol. The maximum Gasteiger partial charge on any atom is 0.331 e. The lowest BCUT2D eigenvalue weighted by molar-refractivity contribution is -0.146. The third-order valence-electron chi connectivity index (χ3n) is 2.61. The Morgan fingerprint density at radius 3 is 1.42 bits per heavy atom. The summed E-state index contributed by atoms with van der Waals surface area (Å²) in [5.74, 6) is -0.396. The van der Waals surface area contributed by atoms with E-state index in [9.17, 15) is 4.79 Å². The van der Waals surface area contributed by atoms with Crippen molar-refractivity contribution < 1.29 is 38.0 Å². The highest BCUT2D eigenvalue weighted by atomic mass is 16.6. The molecule has 0 amide bonds. The van der Waals surface area contributed by atoms with Crippen molar-refractivity contribution in [1.82, 2.24) is 0 Å². The first-order chi connectivity index (χ1) is 11.7. The molecule has 0 aliphatic rings. The first kappa shape index (κ1) is 23.2. The molecule has 0 aliphatic carbocycles. The van der Waals surface area contributed by atoms with Crippen molar-refractivity contribution in [3.63, 3.8) is 0 Å². The van der Waals surface area contributed by atoms with Gasteiger partial charge in [0.05, 0.1) is 79.3 Å². The molecular weight excluding hydrogens is 320 g/mol. The highest BCUT2D eigenvalue weighted by Gasteiger charge is 1.99. The molecule has 8 nitrogen and oxygen atoms in total. The topological polar surface area (TPSA) is 81.7 Å². The van der Waals surface area contributed by atoms with E-state index in [2.05, 4.69) is 4.74 Å². The quantitative estimate of drug-likeness (QED) is 0.263. The Bertz CT molecular complexity index is 273. The van der Waals surface area contributed by atoms with Crippen molar-refractivity contribution in [3.05, 3.63) is 0 Å². The van der Waals surface area contributed by atoms with Gasteiger partial charge in [-0.2, -0.15) is 0 Å². The number of hydrogen-bond donors (Lipinski definition) is 0. The van der Waals surface area contributed by atoms with Gasteiger partial charge in [-0.25, -0.2) is 4.79 Å². The molecule has 0 saturated carbocycles. The standard InChI is InChI=1S/C16H32O8/c1-15(2)24-13-12-22-9-8-20-5-4-19-6-7-21-10-11-23-14-16(17)18-3/h15H,4-14H2,1-3H3. The van der Waals surface area contributed by atoms with Crippen LogP contribution in [0.3, 0.4) is 0 Å². The van der Waals surface area contributed by atoms with Crippen LogP contribution in [0.2, 0.25) is 0 Å². The van der Waals surface area contributed by atoms with Gasteiger partial charge in [0.15, 0.2) is 0 Å². The predicted octanol–water partition coefficient (Wildman–Crippen LogP) is 0.667. The normalized spacial score (nSPS) is 11.2. The van der Waals surface area contributed by atoms with E-state index in [1.807, 2.05) is 13.8 Å². The van der Waals surface area contributed by atoms with E-state index in [4.69, 9.17) is 28.4 Å². The first-order valence-electron chi connectivity index (χ1n) is 8.24. The van der Waals surface area contributed by atoms with Crippen LogP contribution in [0.15, 0.2) is 0 Å². The Labute approximate surface area is 144 Å². The monoisotopic (exact) mass is 352 g/mol. The molecule has 0 spiro atoms. The van der Waals surface area contributed by atoms with Crippen molar-refractivity contribution in [2.75, 3.05) is 79.8 Å². The van der Waals surface area contributed by atoms with Crippen molar-refractivity contribution in [2.45, 2.75) is 20.0 Å². The minimum Gasteiger partial charge on any atom is -0.467 e. The van der Waals surface area contributed by atoms with Crippen LogP contribution >= 0.6 is 0 Å². The van der Waals surface area contributed by atoms with Crippen molar-refractivity contribution in [1.29, 1.82) is 0 Å². The molecule has 0 aliphatic heterocycles. The zero-order chi connectivity index (χ0) is 17.9. The second kappa shape index (κ2) is 18.6. The van der Waals surface area contributed by atoms with Gasteiger partial charge in [0.2, 0.25) is 0 Å². The zero-order valence-electron chi connectivity index (χ0n) is 15.1. The van der Waals surface area contributed by atoms with Gasteiger partial charge in [-0.05, 0) is 13.8 Å². The SMILES string of the molecule is COC(=O)COCCOCCOCCOCCOCCOC(C)C. The molecule has 0 heterocycles. The molecule has 0 aromatic carbocycles. The molecule has 0 radical (unpaired) electrons. The smallest absolute Gasteiger partial charge is 0.331 e. The first-order valence-corrected chi connectivity index (χ1v) is 8.24. The molecule has 0 unspecified atom stereocenters. The summed E-state index contributed by atoms with van der Waals surface area (Å²) in [7, 11) is 1.32. The van der Waals surface area contributed by atoms with E-state index in [1.54, 1.807) is 0 Å². The number of carbonyl (C=O) groups excluding carboxylic acids is 1. The third kappa shape index (κ3) is 19.3. The number of methoxy groups -OCH3 is 1. The van der Waals surface area contributed by atoms with E-state index in [1.165, 1.54) is 7.11 Å². The van der Waals surface area contributed by atoms with Gasteiger partial charge in [0, 0.05) is 0 Å². The van der Waals surface area contributed by atoms with Crippen LogP contribution in [-0.4, -0.2) is 91.9 Å². The van der Waals surface area contributed by atoms with E-state index >= 15 is 0 Å². The largest absolute Gasteiger partial charge is 0.467 e. The number of rotatable bonds is 18. The van der Waals surface area contributed by atoms with Crippen LogP contribution < -0.4 is 0 Å². The summed E-state index contributed by atoms with van der Waals surface area (Å²) in [6, 6.07) is 0. The molecule has 0 saturated heterocycles. The second-order valence-electron chi connectivity index (χ2n) is 5.00. The zero-order valence-corrected chi connectivity index (χ0v) is 15.1. The molecule has 0 rings (SSSR count). The Hall–Kier alpha value is -0.770. The van der Waals surface area contributed by atoms with Crippen LogP contribution in [-0.2, 0) is 38.0 Å². The molecule has 0 fully saturated rings. The van der Waals surface area contributed by atoms with Crippen molar-refractivity contribution in [3.8, 4) is 0 Å². The van der Waals surface area contributed by atoms with Gasteiger partial charge >= 0.3 is 5.97 Å². The number of ether oxygens (including phenoxy) is 7. The van der Waals surface area contributed by atoms with Gasteiger partial charge in [0.1, 0.15) is 6.61 Å². The summed E-state index contributed by atoms with van der Waals surface area (Å²) < 4.78 is 36.1. The molecule has 8 heteroatoms. The molecule has 24 heavy (non-hydrogen) atoms. The van der Waals surface area contributed by atoms with E-state index in [0.717, 1.165) is 0 Å². The summed E-state index contributed by atoms with van der Waals surface area (Å²) in [5.41, 5.74) is 0. The fraction of sp³-hybridized carbons (Fsp3) is 0.938. The fourth-order valence-electron chi connectivity index (χ4n) is 1.44. The van der Waals surface area contributed by atoms with Gasteiger partial charge in [-0.1, -0.05) is 0 Å². The van der Waals surface area contributed by atoms with Crippen LogP contribution in [0.25, 0.3) is 0 Å². The average Bonchev–Trinajstić information content (AvgIpc) is 2.57. The number of esters is 1. The summed E-state index contributed by atoms with van der Waals surface area (Å²) in [5, 5.41) is 0. The van der Waals surface area contributed by atoms with Crippen LogP contribution in [0.4, 0.5) is 0 Å². The minimum atomic E-state index is -0.396. The molecule has 0 bridgehead atoms. The number of hydrogen-bond acceptors (Lipinski definition) is 8.